The summed E-state index contributed by atoms with van der Waals surface area (Å²) < 4.78 is 0. The van der Waals surface area contributed by atoms with Crippen molar-refractivity contribution < 1.29 is 9.59 Å². The lowest BCUT2D eigenvalue weighted by Gasteiger charge is -2.18. The first-order chi connectivity index (χ1) is 11.9. The maximum absolute atomic E-state index is 12.6. The van der Waals surface area contributed by atoms with E-state index in [1.54, 1.807) is 17.0 Å². The lowest BCUT2D eigenvalue weighted by molar-refractivity contribution is -0.122. The monoisotopic (exact) mass is 356 g/mol. The summed E-state index contributed by atoms with van der Waals surface area (Å²) in [6, 6.07) is 11.3. The maximum Gasteiger partial charge on any atom is 0.229 e. The van der Waals surface area contributed by atoms with Gasteiger partial charge in [-0.25, -0.2) is 0 Å². The van der Waals surface area contributed by atoms with Crippen molar-refractivity contribution in [3.63, 3.8) is 0 Å². The maximum atomic E-state index is 12.6. The molecule has 1 fully saturated rings. The number of aryl methyl sites for hydroxylation is 2. The Morgan fingerprint density at radius 2 is 1.92 bits per heavy atom. The molecule has 5 heteroatoms. The highest BCUT2D eigenvalue weighted by Gasteiger charge is 2.35. The summed E-state index contributed by atoms with van der Waals surface area (Å²) in [6.07, 6.45) is 0.221. The van der Waals surface area contributed by atoms with Gasteiger partial charge >= 0.3 is 0 Å². The second-order valence-electron chi connectivity index (χ2n) is 6.58. The van der Waals surface area contributed by atoms with E-state index in [0.29, 0.717) is 17.3 Å². The van der Waals surface area contributed by atoms with Crippen LogP contribution in [-0.2, 0) is 9.59 Å². The summed E-state index contributed by atoms with van der Waals surface area (Å²) in [7, 11) is 0. The van der Waals surface area contributed by atoms with E-state index < -0.39 is 0 Å². The van der Waals surface area contributed by atoms with E-state index in [-0.39, 0.29) is 24.2 Å². The Kier molecular flexibility index (Phi) is 4.82. The van der Waals surface area contributed by atoms with E-state index in [0.717, 1.165) is 16.8 Å². The van der Waals surface area contributed by atoms with Gasteiger partial charge < -0.3 is 10.2 Å². The molecule has 0 radical (unpaired) electrons. The highest BCUT2D eigenvalue weighted by Crippen LogP contribution is 2.29. The number of hydrogen-bond acceptors (Lipinski definition) is 2. The number of nitrogens with zero attached hydrogens (tertiary/aromatic N) is 1. The average molecular weight is 357 g/mol. The highest BCUT2D eigenvalue weighted by atomic mass is 35.5. The third-order valence-electron chi connectivity index (χ3n) is 4.82. The molecule has 2 aromatic carbocycles. The second-order valence-corrected chi connectivity index (χ2v) is 6.98. The summed E-state index contributed by atoms with van der Waals surface area (Å²) in [6.45, 7) is 6.31. The van der Waals surface area contributed by atoms with Crippen LogP contribution in [0.25, 0.3) is 0 Å². The number of anilines is 2. The summed E-state index contributed by atoms with van der Waals surface area (Å²) in [5.41, 5.74) is 4.68. The lowest BCUT2D eigenvalue weighted by atomic mass is 10.1. The molecular formula is C20H21ClN2O2. The Balaban J connectivity index is 1.74. The van der Waals surface area contributed by atoms with Crippen LogP contribution >= 0.6 is 11.6 Å². The zero-order valence-electron chi connectivity index (χ0n) is 14.6. The molecule has 1 aliphatic rings. The Labute approximate surface area is 152 Å². The number of nitrogens with one attached hydrogen (secondary N) is 1. The zero-order valence-corrected chi connectivity index (χ0v) is 15.4. The molecule has 2 amide bonds. The number of hydrogen-bond donors (Lipinski definition) is 1. The molecule has 1 N–H and O–H groups in total. The van der Waals surface area contributed by atoms with Gasteiger partial charge in [0, 0.05) is 29.4 Å². The molecule has 4 nitrogen and oxygen atoms in total. The van der Waals surface area contributed by atoms with Crippen LogP contribution in [0.15, 0.2) is 36.4 Å². The van der Waals surface area contributed by atoms with E-state index in [1.807, 2.05) is 45.0 Å². The number of halogens is 1. The van der Waals surface area contributed by atoms with Gasteiger partial charge in [0.15, 0.2) is 0 Å². The topological polar surface area (TPSA) is 49.4 Å². The van der Waals surface area contributed by atoms with E-state index in [2.05, 4.69) is 5.32 Å². The fourth-order valence-corrected chi connectivity index (χ4v) is 3.18. The number of carbonyl (C=O) groups is 2. The van der Waals surface area contributed by atoms with Gasteiger partial charge in [-0.05, 0) is 61.7 Å². The van der Waals surface area contributed by atoms with Crippen LogP contribution in [0.4, 0.5) is 11.4 Å². The van der Waals surface area contributed by atoms with Crippen molar-refractivity contribution in [2.24, 2.45) is 5.92 Å². The van der Waals surface area contributed by atoms with Gasteiger partial charge in [0.2, 0.25) is 11.8 Å². The molecular weight excluding hydrogens is 336 g/mol. The minimum absolute atomic E-state index is 0.0220. The van der Waals surface area contributed by atoms with Crippen molar-refractivity contribution in [1.82, 2.24) is 0 Å². The van der Waals surface area contributed by atoms with Crippen LogP contribution in [0, 0.1) is 26.7 Å². The van der Waals surface area contributed by atoms with Gasteiger partial charge in [-0.3, -0.25) is 9.59 Å². The third kappa shape index (κ3) is 3.54. The van der Waals surface area contributed by atoms with Crippen molar-refractivity contribution in [3.8, 4) is 0 Å². The smallest absolute Gasteiger partial charge is 0.229 e. The molecule has 0 spiro atoms. The molecule has 0 saturated carbocycles. The first-order valence-corrected chi connectivity index (χ1v) is 8.68. The molecule has 1 heterocycles. The molecule has 130 valence electrons. The predicted octanol–water partition coefficient (Wildman–Crippen LogP) is 4.26. The molecule has 0 bridgehead atoms. The highest BCUT2D eigenvalue weighted by molar-refractivity contribution is 6.31. The van der Waals surface area contributed by atoms with Crippen molar-refractivity contribution >= 4 is 34.8 Å². The van der Waals surface area contributed by atoms with E-state index in [9.17, 15) is 9.59 Å². The standard InChI is InChI=1S/C20H21ClN2O2/c1-12-7-8-16(9-13(12)2)23-11-15(10-19(23)24)20(25)22-18-6-4-5-17(21)14(18)3/h4-9,15H,10-11H2,1-3H3,(H,22,25)/t15-/m1/s1. The van der Waals surface area contributed by atoms with Gasteiger partial charge in [-0.1, -0.05) is 23.7 Å². The van der Waals surface area contributed by atoms with Crippen LogP contribution in [0.3, 0.4) is 0 Å². The Hall–Kier alpha value is -2.33. The van der Waals surface area contributed by atoms with Gasteiger partial charge in [0.25, 0.3) is 0 Å². The molecule has 1 aliphatic heterocycles. The predicted molar refractivity (Wildman–Crippen MR) is 101 cm³/mol. The number of amides is 2. The minimum Gasteiger partial charge on any atom is -0.325 e. The van der Waals surface area contributed by atoms with Gasteiger partial charge in [-0.2, -0.15) is 0 Å². The summed E-state index contributed by atoms with van der Waals surface area (Å²) in [5, 5.41) is 3.51. The quantitative estimate of drug-likeness (QED) is 0.893. The molecule has 0 unspecified atom stereocenters. The van der Waals surface area contributed by atoms with Crippen molar-refractivity contribution in [3.05, 3.63) is 58.1 Å². The molecule has 25 heavy (non-hydrogen) atoms. The Morgan fingerprint density at radius 3 is 2.64 bits per heavy atom. The SMILES string of the molecule is Cc1ccc(N2C[C@H](C(=O)Nc3cccc(Cl)c3C)CC2=O)cc1C. The van der Waals surface area contributed by atoms with Crippen molar-refractivity contribution in [2.45, 2.75) is 27.2 Å². The number of carbonyl (C=O) groups excluding carboxylic acids is 2. The van der Waals surface area contributed by atoms with Crippen LogP contribution in [0.5, 0.6) is 0 Å². The number of rotatable bonds is 3. The zero-order chi connectivity index (χ0) is 18.1. The Bertz CT molecular complexity index is 848. The molecule has 1 atom stereocenters. The molecule has 3 rings (SSSR count). The van der Waals surface area contributed by atoms with Crippen LogP contribution < -0.4 is 10.2 Å². The van der Waals surface area contributed by atoms with Gasteiger partial charge in [-0.15, -0.1) is 0 Å². The van der Waals surface area contributed by atoms with E-state index >= 15 is 0 Å². The lowest BCUT2D eigenvalue weighted by Crippen LogP contribution is -2.28. The molecule has 1 saturated heterocycles. The summed E-state index contributed by atoms with van der Waals surface area (Å²) in [4.78, 5) is 26.7. The van der Waals surface area contributed by atoms with Crippen molar-refractivity contribution in [1.29, 1.82) is 0 Å². The summed E-state index contributed by atoms with van der Waals surface area (Å²) in [5.74, 6) is -0.538. The molecule has 2 aromatic rings. The van der Waals surface area contributed by atoms with Crippen LogP contribution in [0.1, 0.15) is 23.1 Å². The fourth-order valence-electron chi connectivity index (χ4n) is 3.00. The van der Waals surface area contributed by atoms with Crippen LogP contribution in [0.2, 0.25) is 5.02 Å². The first kappa shape index (κ1) is 17.5. The van der Waals surface area contributed by atoms with Crippen molar-refractivity contribution in [2.75, 3.05) is 16.8 Å². The normalized spacial score (nSPS) is 17.0. The first-order valence-electron chi connectivity index (χ1n) is 8.30. The number of benzene rings is 2. The molecule has 0 aromatic heterocycles. The van der Waals surface area contributed by atoms with E-state index in [4.69, 9.17) is 11.6 Å². The molecule has 0 aliphatic carbocycles. The van der Waals surface area contributed by atoms with E-state index in [1.165, 1.54) is 5.56 Å². The summed E-state index contributed by atoms with van der Waals surface area (Å²) >= 11 is 6.10. The average Bonchev–Trinajstić information content (AvgIpc) is 2.96. The van der Waals surface area contributed by atoms with Gasteiger partial charge in [0.1, 0.15) is 0 Å². The minimum atomic E-state index is -0.368. The van der Waals surface area contributed by atoms with Crippen LogP contribution in [-0.4, -0.2) is 18.4 Å². The fraction of sp³-hybridized carbons (Fsp3) is 0.300. The third-order valence-corrected chi connectivity index (χ3v) is 5.23. The largest absolute Gasteiger partial charge is 0.325 e. The second kappa shape index (κ2) is 6.89. The van der Waals surface area contributed by atoms with Gasteiger partial charge in [0.05, 0.1) is 5.92 Å². The Morgan fingerprint density at radius 1 is 1.16 bits per heavy atom.